The maximum atomic E-state index is 14.2. The number of carbonyl (C=O) groups excluding carboxylic acids is 2. The van der Waals surface area contributed by atoms with Crippen LogP contribution in [0.4, 0.5) is 5.69 Å². The Kier molecular flexibility index (Phi) is 5.93. The lowest BCUT2D eigenvalue weighted by molar-refractivity contribution is -0.140. The van der Waals surface area contributed by atoms with E-state index in [1.54, 1.807) is 72.8 Å². The molecule has 3 aromatic carbocycles. The Labute approximate surface area is 208 Å². The average molecular weight is 485 g/mol. The Balaban J connectivity index is 1.65. The van der Waals surface area contributed by atoms with Crippen LogP contribution in [0.25, 0.3) is 0 Å². The van der Waals surface area contributed by atoms with Crippen molar-refractivity contribution in [3.63, 3.8) is 0 Å². The maximum absolute atomic E-state index is 14.2. The number of para-hydroxylation sites is 2. The molecular formula is C28H24N2O6. The predicted molar refractivity (Wildman–Crippen MR) is 134 cm³/mol. The second kappa shape index (κ2) is 9.22. The number of rotatable bonds is 8. The summed E-state index contributed by atoms with van der Waals surface area (Å²) < 4.78 is 16.6. The highest BCUT2D eigenvalue weighted by molar-refractivity contribution is 6.25. The molecule has 3 aromatic rings. The van der Waals surface area contributed by atoms with E-state index in [4.69, 9.17) is 19.0 Å². The molecule has 1 N–H and O–H groups in total. The molecule has 0 radical (unpaired) electrons. The van der Waals surface area contributed by atoms with Gasteiger partial charge in [-0.1, -0.05) is 42.1 Å². The molecule has 1 spiro atoms. The molecule has 36 heavy (non-hydrogen) atoms. The maximum Gasteiger partial charge on any atom is 0.277 e. The van der Waals surface area contributed by atoms with Crippen LogP contribution in [0.1, 0.15) is 21.5 Å². The number of oxime groups is 1. The van der Waals surface area contributed by atoms with Crippen molar-refractivity contribution >= 4 is 23.1 Å². The highest BCUT2D eigenvalue weighted by atomic mass is 16.7. The van der Waals surface area contributed by atoms with E-state index < -0.39 is 17.4 Å². The number of hydrogen-bond donors (Lipinski definition) is 1. The van der Waals surface area contributed by atoms with Crippen LogP contribution in [0.5, 0.6) is 17.2 Å². The molecule has 8 nitrogen and oxygen atoms in total. The third kappa shape index (κ3) is 3.50. The van der Waals surface area contributed by atoms with E-state index in [1.165, 1.54) is 14.2 Å². The van der Waals surface area contributed by atoms with Crippen molar-refractivity contribution < 1.29 is 28.6 Å². The summed E-state index contributed by atoms with van der Waals surface area (Å²) in [7, 11) is 3.03. The summed E-state index contributed by atoms with van der Waals surface area (Å²) in [5.74, 6) is -0.452. The van der Waals surface area contributed by atoms with Crippen molar-refractivity contribution in [3.05, 3.63) is 96.1 Å². The molecule has 2 heterocycles. The minimum atomic E-state index is -1.67. The zero-order chi connectivity index (χ0) is 25.3. The number of anilines is 1. The number of fused-ring (bicyclic) bond motifs is 2. The van der Waals surface area contributed by atoms with Crippen LogP contribution in [0.2, 0.25) is 0 Å². The van der Waals surface area contributed by atoms with E-state index >= 15 is 0 Å². The van der Waals surface area contributed by atoms with Gasteiger partial charge >= 0.3 is 0 Å². The van der Waals surface area contributed by atoms with Crippen LogP contribution in [-0.2, 0) is 15.2 Å². The number of benzene rings is 3. The van der Waals surface area contributed by atoms with Crippen LogP contribution in [-0.4, -0.2) is 38.2 Å². The number of nitrogens with one attached hydrogen (secondary N) is 1. The zero-order valence-electron chi connectivity index (χ0n) is 19.8. The summed E-state index contributed by atoms with van der Waals surface area (Å²) in [6, 6.07) is 19.1. The molecule has 2 atom stereocenters. The Morgan fingerprint density at radius 1 is 1.08 bits per heavy atom. The molecule has 0 saturated heterocycles. The molecule has 0 aliphatic carbocycles. The summed E-state index contributed by atoms with van der Waals surface area (Å²) in [5, 5.41) is 7.17. The number of amides is 1. The van der Waals surface area contributed by atoms with Gasteiger partial charge in [-0.3, -0.25) is 9.59 Å². The quantitative estimate of drug-likeness (QED) is 0.377. The van der Waals surface area contributed by atoms with Gasteiger partial charge in [-0.15, -0.1) is 0 Å². The molecule has 5 rings (SSSR count). The average Bonchev–Trinajstić information content (AvgIpc) is 3.45. The topological polar surface area (TPSA) is 95.5 Å². The van der Waals surface area contributed by atoms with Gasteiger partial charge in [0.05, 0.1) is 14.2 Å². The van der Waals surface area contributed by atoms with Crippen molar-refractivity contribution in [2.75, 3.05) is 26.1 Å². The summed E-state index contributed by atoms with van der Waals surface area (Å²) in [6.45, 7) is 3.98. The van der Waals surface area contributed by atoms with Crippen molar-refractivity contribution in [1.82, 2.24) is 0 Å². The number of ketones is 1. The van der Waals surface area contributed by atoms with E-state index in [1.807, 2.05) is 0 Å². The third-order valence-corrected chi connectivity index (χ3v) is 6.33. The molecule has 0 saturated carbocycles. The lowest BCUT2D eigenvalue weighted by Gasteiger charge is -2.27. The van der Waals surface area contributed by atoms with Gasteiger partial charge in [-0.05, 0) is 42.5 Å². The normalized spacial score (nSPS) is 19.7. The fourth-order valence-corrected chi connectivity index (χ4v) is 4.69. The number of ether oxygens (including phenoxy) is 3. The molecule has 0 aromatic heterocycles. The second-order valence-electron chi connectivity index (χ2n) is 8.27. The van der Waals surface area contributed by atoms with Gasteiger partial charge in [-0.2, -0.15) is 0 Å². The standard InChI is InChI=1S/C28H24N2O6/c1-4-16-35-18-14-12-17(13-15-18)25(31)23-24(19-8-7-11-22(33-2)26(19)34-3)30-36-28(23)20-9-5-6-10-21(20)29-27(28)32/h4-15,23H,1,16H2,2-3H3,(H,29,32)/t23-,28-/m1/s1. The third-order valence-electron chi connectivity index (χ3n) is 6.33. The first-order valence-electron chi connectivity index (χ1n) is 11.3. The predicted octanol–water partition coefficient (Wildman–Crippen LogP) is 4.35. The number of carbonyl (C=O) groups is 2. The van der Waals surface area contributed by atoms with Crippen LogP contribution < -0.4 is 19.5 Å². The monoisotopic (exact) mass is 484 g/mol. The number of hydrogen-bond acceptors (Lipinski definition) is 7. The fourth-order valence-electron chi connectivity index (χ4n) is 4.69. The van der Waals surface area contributed by atoms with Crippen LogP contribution in [0.3, 0.4) is 0 Å². The molecule has 0 unspecified atom stereocenters. The first kappa shape index (κ1) is 23.2. The largest absolute Gasteiger partial charge is 0.493 e. The van der Waals surface area contributed by atoms with Gasteiger partial charge in [0.15, 0.2) is 17.3 Å². The molecule has 182 valence electrons. The minimum Gasteiger partial charge on any atom is -0.493 e. The summed E-state index contributed by atoms with van der Waals surface area (Å²) >= 11 is 0. The van der Waals surface area contributed by atoms with Crippen molar-refractivity contribution in [1.29, 1.82) is 0 Å². The summed E-state index contributed by atoms with van der Waals surface area (Å²) in [4.78, 5) is 33.6. The highest BCUT2D eigenvalue weighted by Crippen LogP contribution is 2.51. The molecule has 2 aliphatic rings. The Morgan fingerprint density at radius 3 is 2.58 bits per heavy atom. The van der Waals surface area contributed by atoms with E-state index in [9.17, 15) is 9.59 Å². The zero-order valence-corrected chi connectivity index (χ0v) is 19.8. The summed E-state index contributed by atoms with van der Waals surface area (Å²) in [6.07, 6.45) is 1.64. The number of nitrogens with zero attached hydrogens (tertiary/aromatic N) is 1. The minimum absolute atomic E-state index is 0.273. The van der Waals surface area contributed by atoms with E-state index in [2.05, 4.69) is 17.1 Å². The fraction of sp³-hybridized carbons (Fsp3) is 0.179. The van der Waals surface area contributed by atoms with Gasteiger partial charge in [0.2, 0.25) is 0 Å². The van der Waals surface area contributed by atoms with Crippen LogP contribution >= 0.6 is 0 Å². The van der Waals surface area contributed by atoms with E-state index in [0.29, 0.717) is 46.2 Å². The van der Waals surface area contributed by atoms with Crippen molar-refractivity contribution in [3.8, 4) is 17.2 Å². The van der Waals surface area contributed by atoms with Gasteiger partial charge in [-0.25, -0.2) is 0 Å². The van der Waals surface area contributed by atoms with Crippen LogP contribution in [0, 0.1) is 5.92 Å². The van der Waals surface area contributed by atoms with Gasteiger partial charge in [0.25, 0.3) is 11.5 Å². The molecule has 0 bridgehead atoms. The molecule has 8 heteroatoms. The Bertz CT molecular complexity index is 1380. The van der Waals surface area contributed by atoms with E-state index in [0.717, 1.165) is 0 Å². The lowest BCUT2D eigenvalue weighted by atomic mass is 9.74. The molecule has 1 amide bonds. The number of methoxy groups -OCH3 is 2. The Morgan fingerprint density at radius 2 is 1.86 bits per heavy atom. The van der Waals surface area contributed by atoms with Gasteiger partial charge in [0.1, 0.15) is 24.0 Å². The lowest BCUT2D eigenvalue weighted by Crippen LogP contribution is -2.46. The van der Waals surface area contributed by atoms with Gasteiger partial charge < -0.3 is 24.4 Å². The second-order valence-corrected chi connectivity index (χ2v) is 8.27. The molecule has 0 fully saturated rings. The SMILES string of the molecule is C=CCOc1ccc(C(=O)[C@H]2C(c3cccc(OC)c3OC)=NO[C@@]23C(=O)Nc2ccccc23)cc1. The number of Topliss-reactive ketones (excluding diaryl/α,β-unsaturated/α-hetero) is 1. The molecular weight excluding hydrogens is 460 g/mol. The van der Waals surface area contributed by atoms with Crippen LogP contribution in [0.15, 0.2) is 84.5 Å². The van der Waals surface area contributed by atoms with Gasteiger partial charge in [0, 0.05) is 22.4 Å². The molecule has 2 aliphatic heterocycles. The highest BCUT2D eigenvalue weighted by Gasteiger charge is 2.63. The van der Waals surface area contributed by atoms with Crippen molar-refractivity contribution in [2.24, 2.45) is 11.1 Å². The first-order chi connectivity index (χ1) is 17.5. The first-order valence-corrected chi connectivity index (χ1v) is 11.3. The van der Waals surface area contributed by atoms with Crippen molar-refractivity contribution in [2.45, 2.75) is 5.60 Å². The smallest absolute Gasteiger partial charge is 0.277 e. The Hall–Kier alpha value is -4.59. The van der Waals surface area contributed by atoms with E-state index in [-0.39, 0.29) is 11.5 Å². The summed E-state index contributed by atoms with van der Waals surface area (Å²) in [5.41, 5.74) is 0.588.